The monoisotopic (exact) mass is 600 g/mol. The van der Waals surface area contributed by atoms with Crippen LogP contribution in [0.3, 0.4) is 0 Å². The van der Waals surface area contributed by atoms with Crippen molar-refractivity contribution in [1.29, 1.82) is 0 Å². The molecule has 2 saturated heterocycles. The molecule has 4 N–H and O–H groups in total. The summed E-state index contributed by atoms with van der Waals surface area (Å²) in [6, 6.07) is 4.92. The third-order valence-electron chi connectivity index (χ3n) is 7.60. The van der Waals surface area contributed by atoms with Gasteiger partial charge in [0.1, 0.15) is 12.2 Å². The first-order valence-electron chi connectivity index (χ1n) is 14.5. The second-order valence-electron chi connectivity index (χ2n) is 10.9. The number of hydrogen-bond acceptors (Lipinski definition) is 10. The number of aliphatic hydroxyl groups excluding tert-OH is 3. The highest BCUT2D eigenvalue weighted by Gasteiger charge is 2.37. The molecular weight excluding hydrogens is 560 g/mol. The Morgan fingerprint density at radius 3 is 2.74 bits per heavy atom. The highest BCUT2D eigenvalue weighted by Crippen LogP contribution is 2.37. The molecule has 2 aromatic rings. The van der Waals surface area contributed by atoms with Crippen LogP contribution in [0.4, 0.5) is 11.4 Å². The van der Waals surface area contributed by atoms with Crippen LogP contribution >= 0.6 is 0 Å². The lowest BCUT2D eigenvalue weighted by molar-refractivity contribution is -0.230. The van der Waals surface area contributed by atoms with Gasteiger partial charge in [0.2, 0.25) is 18.6 Å². The highest BCUT2D eigenvalue weighted by molar-refractivity contribution is 5.91. The Balaban J connectivity index is 1.46. The molecule has 13 nitrogen and oxygen atoms in total. The molecule has 2 fully saturated rings. The lowest BCUT2D eigenvalue weighted by Gasteiger charge is -2.36. The number of carbonyl (C=O) groups excluding carboxylic acids is 3. The van der Waals surface area contributed by atoms with E-state index in [1.165, 1.54) is 0 Å². The number of rotatable bonds is 13. The van der Waals surface area contributed by atoms with Gasteiger partial charge >= 0.3 is 0 Å². The summed E-state index contributed by atoms with van der Waals surface area (Å²) in [7, 11) is 1.71. The third-order valence-corrected chi connectivity index (χ3v) is 7.60. The zero-order valence-corrected chi connectivity index (χ0v) is 24.4. The van der Waals surface area contributed by atoms with Crippen LogP contribution in [0.1, 0.15) is 54.6 Å². The van der Waals surface area contributed by atoms with Gasteiger partial charge in [-0.25, -0.2) is 0 Å². The normalized spacial score (nSPS) is 24.1. The van der Waals surface area contributed by atoms with Crippen LogP contribution in [-0.2, 0) is 21.4 Å². The standard InChI is InChI=1S/C30H40N4O9/c1-19-10-26(42-29-13-24(38)30(40)27(17-36)43-29)25(12-23(19)31-14-21-6-3-4-8-34(21)18-37)41-9-5-7-28(39)32-20-11-22(16-35)33(2)15-20/h10-12,14-16,18,21,24,27,29-30,36,38,40H,3-9,13,17H2,1-2H3,(H,32,39). The van der Waals surface area contributed by atoms with Crippen molar-refractivity contribution in [3.05, 3.63) is 35.7 Å². The fourth-order valence-electron chi connectivity index (χ4n) is 5.12. The van der Waals surface area contributed by atoms with Gasteiger partial charge in [0.15, 0.2) is 17.8 Å². The second-order valence-corrected chi connectivity index (χ2v) is 10.9. The number of aldehydes is 1. The molecule has 0 bridgehead atoms. The first-order valence-corrected chi connectivity index (χ1v) is 14.5. The fraction of sp³-hybridized carbons (Fsp3) is 0.533. The minimum absolute atomic E-state index is 0.0231. The molecule has 234 valence electrons. The Hall–Kier alpha value is -3.78. The number of hydrogen-bond donors (Lipinski definition) is 4. The van der Waals surface area contributed by atoms with Crippen molar-refractivity contribution in [1.82, 2.24) is 9.47 Å². The zero-order valence-electron chi connectivity index (χ0n) is 24.4. The maximum absolute atomic E-state index is 12.4. The van der Waals surface area contributed by atoms with Gasteiger partial charge < -0.3 is 44.3 Å². The van der Waals surface area contributed by atoms with Gasteiger partial charge in [-0.1, -0.05) is 0 Å². The number of amides is 2. The number of aliphatic imine (C=N–C) groups is 1. The Morgan fingerprint density at radius 2 is 2.02 bits per heavy atom. The average molecular weight is 601 g/mol. The number of nitrogens with zero attached hydrogens (tertiary/aromatic N) is 3. The summed E-state index contributed by atoms with van der Waals surface area (Å²) in [6.45, 7) is 2.21. The lowest BCUT2D eigenvalue weighted by Crippen LogP contribution is -2.51. The summed E-state index contributed by atoms with van der Waals surface area (Å²) in [5.74, 6) is 0.407. The molecule has 5 atom stereocenters. The average Bonchev–Trinajstić information content (AvgIpc) is 3.35. The molecule has 2 amide bonds. The molecule has 0 saturated carbocycles. The summed E-state index contributed by atoms with van der Waals surface area (Å²) in [5.41, 5.74) is 2.35. The van der Waals surface area contributed by atoms with Crippen molar-refractivity contribution in [2.75, 3.05) is 25.1 Å². The molecule has 3 heterocycles. The molecule has 0 radical (unpaired) electrons. The topological polar surface area (TPSA) is 172 Å². The van der Waals surface area contributed by atoms with Crippen LogP contribution in [0.15, 0.2) is 29.4 Å². The molecule has 13 heteroatoms. The third kappa shape index (κ3) is 8.41. The van der Waals surface area contributed by atoms with Crippen molar-refractivity contribution < 1.29 is 43.9 Å². The SMILES string of the molecule is Cc1cc(OC2CC(O)C(O)C(CO)O2)c(OCCCC(=O)Nc2cc(C=O)n(C)c2)cc1N=CC1CCCCN1C=O. The van der Waals surface area contributed by atoms with E-state index in [0.717, 1.165) is 31.2 Å². The summed E-state index contributed by atoms with van der Waals surface area (Å²) >= 11 is 0. The maximum atomic E-state index is 12.4. The van der Waals surface area contributed by atoms with E-state index < -0.39 is 31.2 Å². The summed E-state index contributed by atoms with van der Waals surface area (Å²) in [6.07, 6.45) is 3.93. The minimum atomic E-state index is -1.24. The molecule has 43 heavy (non-hydrogen) atoms. The second kappa shape index (κ2) is 15.1. The van der Waals surface area contributed by atoms with E-state index in [-0.39, 0.29) is 31.4 Å². The fourth-order valence-corrected chi connectivity index (χ4v) is 5.12. The van der Waals surface area contributed by atoms with Crippen molar-refractivity contribution in [2.24, 2.45) is 12.0 Å². The van der Waals surface area contributed by atoms with Crippen LogP contribution in [0.2, 0.25) is 0 Å². The number of carbonyl (C=O) groups is 3. The summed E-state index contributed by atoms with van der Waals surface area (Å²) in [5, 5.41) is 32.6. The van der Waals surface area contributed by atoms with E-state index in [1.807, 2.05) is 6.92 Å². The van der Waals surface area contributed by atoms with Crippen LogP contribution in [0.25, 0.3) is 0 Å². The number of ether oxygens (including phenoxy) is 3. The van der Waals surface area contributed by atoms with Gasteiger partial charge in [0.25, 0.3) is 0 Å². The molecule has 5 unspecified atom stereocenters. The number of piperidine rings is 1. The Labute approximate surface area is 250 Å². The van der Waals surface area contributed by atoms with Crippen LogP contribution in [0.5, 0.6) is 11.5 Å². The van der Waals surface area contributed by atoms with Crippen molar-refractivity contribution in [3.8, 4) is 11.5 Å². The van der Waals surface area contributed by atoms with E-state index in [4.69, 9.17) is 14.2 Å². The molecular formula is C30H40N4O9. The smallest absolute Gasteiger partial charge is 0.224 e. The van der Waals surface area contributed by atoms with Crippen molar-refractivity contribution >= 4 is 36.2 Å². The van der Waals surface area contributed by atoms with E-state index in [9.17, 15) is 29.7 Å². The van der Waals surface area contributed by atoms with Crippen LogP contribution < -0.4 is 14.8 Å². The largest absolute Gasteiger partial charge is 0.490 e. The molecule has 0 spiro atoms. The van der Waals surface area contributed by atoms with E-state index >= 15 is 0 Å². The van der Waals surface area contributed by atoms with Crippen molar-refractivity contribution in [2.45, 2.75) is 76.1 Å². The zero-order chi connectivity index (χ0) is 30.9. The van der Waals surface area contributed by atoms with Gasteiger partial charge in [0, 0.05) is 44.9 Å². The molecule has 2 aliphatic heterocycles. The summed E-state index contributed by atoms with van der Waals surface area (Å²) < 4.78 is 19.3. The number of likely N-dealkylation sites (tertiary alicyclic amines) is 1. The molecule has 0 aliphatic carbocycles. The quantitative estimate of drug-likeness (QED) is 0.152. The first kappa shape index (κ1) is 32.1. The number of benzene rings is 1. The molecule has 4 rings (SSSR count). The number of aliphatic hydroxyl groups is 3. The molecule has 1 aromatic heterocycles. The number of aromatic nitrogens is 1. The Morgan fingerprint density at radius 1 is 1.21 bits per heavy atom. The Kier molecular flexibility index (Phi) is 11.3. The maximum Gasteiger partial charge on any atom is 0.224 e. The summed E-state index contributed by atoms with van der Waals surface area (Å²) in [4.78, 5) is 41.4. The van der Waals surface area contributed by atoms with E-state index in [2.05, 4.69) is 10.3 Å². The molecule has 1 aromatic carbocycles. The first-order chi connectivity index (χ1) is 20.7. The Bertz CT molecular complexity index is 1300. The number of nitrogens with one attached hydrogen (secondary N) is 1. The van der Waals surface area contributed by atoms with Crippen molar-refractivity contribution in [3.63, 3.8) is 0 Å². The van der Waals surface area contributed by atoms with Gasteiger partial charge in [0.05, 0.1) is 42.4 Å². The number of aryl methyl sites for hydroxylation is 2. The predicted molar refractivity (Wildman–Crippen MR) is 157 cm³/mol. The van der Waals surface area contributed by atoms with Crippen LogP contribution in [0, 0.1) is 6.92 Å². The van der Waals surface area contributed by atoms with Crippen LogP contribution in [-0.4, -0.2) is 100 Å². The van der Waals surface area contributed by atoms with Gasteiger partial charge in [-0.3, -0.25) is 19.4 Å². The lowest BCUT2D eigenvalue weighted by atomic mass is 10.0. The van der Waals surface area contributed by atoms with Gasteiger partial charge in [-0.05, 0) is 50.3 Å². The minimum Gasteiger partial charge on any atom is -0.490 e. The highest BCUT2D eigenvalue weighted by atomic mass is 16.7. The van der Waals surface area contributed by atoms with E-state index in [1.54, 1.807) is 47.1 Å². The predicted octanol–water partition coefficient (Wildman–Crippen LogP) is 1.86. The molecule has 2 aliphatic rings. The van der Waals surface area contributed by atoms with E-state index in [0.29, 0.717) is 47.8 Å². The van der Waals surface area contributed by atoms with Gasteiger partial charge in [-0.2, -0.15) is 0 Å². The van der Waals surface area contributed by atoms with Gasteiger partial charge in [-0.15, -0.1) is 0 Å². The number of anilines is 1.